The van der Waals surface area contributed by atoms with Crippen LogP contribution in [0.5, 0.6) is 0 Å². The third kappa shape index (κ3) is 3.09. The highest BCUT2D eigenvalue weighted by molar-refractivity contribution is 5.81. The third-order valence-corrected chi connectivity index (χ3v) is 4.86. The lowest BCUT2D eigenvalue weighted by Gasteiger charge is -2.35. The lowest BCUT2D eigenvalue weighted by molar-refractivity contribution is 0.0175. The second-order valence-electron chi connectivity index (χ2n) is 7.86. The van der Waals surface area contributed by atoms with Crippen molar-refractivity contribution in [2.24, 2.45) is 0 Å². The van der Waals surface area contributed by atoms with Crippen LogP contribution in [-0.2, 0) is 4.74 Å². The minimum absolute atomic E-state index is 0.0805. The van der Waals surface area contributed by atoms with Crippen molar-refractivity contribution in [2.45, 2.75) is 57.7 Å². The van der Waals surface area contributed by atoms with Crippen LogP contribution < -0.4 is 0 Å². The summed E-state index contributed by atoms with van der Waals surface area (Å²) in [5.41, 5.74) is 2.82. The number of nitrogens with one attached hydrogen (secondary N) is 1. The Hall–Kier alpha value is -2.70. The van der Waals surface area contributed by atoms with E-state index in [1.54, 1.807) is 0 Å². The van der Waals surface area contributed by atoms with Gasteiger partial charge >= 0.3 is 6.09 Å². The Morgan fingerprint density at radius 1 is 1.23 bits per heavy atom. The summed E-state index contributed by atoms with van der Waals surface area (Å²) in [6.45, 7) is 5.71. The van der Waals surface area contributed by atoms with E-state index in [1.807, 2.05) is 43.9 Å². The monoisotopic (exact) mass is 353 g/mol. The van der Waals surface area contributed by atoms with E-state index in [0.717, 1.165) is 30.4 Å². The number of benzene rings is 1. The molecule has 2 aliphatic rings. The molecule has 7 nitrogen and oxygen atoms in total. The van der Waals surface area contributed by atoms with Gasteiger partial charge in [-0.25, -0.2) is 4.79 Å². The number of rotatable bonds is 2. The normalized spacial score (nSPS) is 22.3. The number of hydrogen-bond acceptors (Lipinski definition) is 5. The van der Waals surface area contributed by atoms with Crippen molar-refractivity contribution in [1.82, 2.24) is 25.5 Å². The zero-order chi connectivity index (χ0) is 18.3. The van der Waals surface area contributed by atoms with Gasteiger partial charge < -0.3 is 4.74 Å². The molecule has 2 atom stereocenters. The number of aromatic amines is 1. The van der Waals surface area contributed by atoms with E-state index in [9.17, 15) is 4.79 Å². The van der Waals surface area contributed by atoms with Crippen LogP contribution in [0.2, 0.25) is 0 Å². The Morgan fingerprint density at radius 3 is 2.65 bits per heavy atom. The largest absolute Gasteiger partial charge is 0.444 e. The van der Waals surface area contributed by atoms with Gasteiger partial charge in [-0.15, -0.1) is 10.2 Å². The molecule has 0 radical (unpaired) electrons. The molecular formula is C19H23N5O2. The van der Waals surface area contributed by atoms with Gasteiger partial charge in [-0.2, -0.15) is 5.21 Å². The Kier molecular flexibility index (Phi) is 4.01. The van der Waals surface area contributed by atoms with Crippen LogP contribution in [0.15, 0.2) is 30.3 Å². The van der Waals surface area contributed by atoms with Crippen LogP contribution in [0, 0.1) is 0 Å². The number of fused-ring (bicyclic) bond motifs is 2. The van der Waals surface area contributed by atoms with Gasteiger partial charge in [0, 0.05) is 11.6 Å². The fourth-order valence-electron chi connectivity index (χ4n) is 3.86. The van der Waals surface area contributed by atoms with Crippen LogP contribution in [0.1, 0.15) is 45.6 Å². The quantitative estimate of drug-likeness (QED) is 0.894. The molecule has 1 N–H and O–H groups in total. The number of tetrazole rings is 1. The third-order valence-electron chi connectivity index (χ3n) is 4.86. The van der Waals surface area contributed by atoms with Gasteiger partial charge in [-0.05, 0) is 56.4 Å². The number of nitrogens with zero attached hydrogens (tertiary/aromatic N) is 4. The van der Waals surface area contributed by atoms with E-state index in [4.69, 9.17) is 4.74 Å². The number of amides is 1. The van der Waals surface area contributed by atoms with Crippen LogP contribution in [0.4, 0.5) is 4.79 Å². The van der Waals surface area contributed by atoms with Crippen molar-refractivity contribution >= 4 is 11.7 Å². The van der Waals surface area contributed by atoms with Crippen molar-refractivity contribution in [3.63, 3.8) is 0 Å². The van der Waals surface area contributed by atoms with E-state index in [1.165, 1.54) is 5.57 Å². The van der Waals surface area contributed by atoms with E-state index in [0.29, 0.717) is 5.82 Å². The lowest BCUT2D eigenvalue weighted by Crippen LogP contribution is -2.45. The second-order valence-corrected chi connectivity index (χ2v) is 7.86. The van der Waals surface area contributed by atoms with Crippen molar-refractivity contribution in [1.29, 1.82) is 0 Å². The first-order valence-corrected chi connectivity index (χ1v) is 8.97. The highest BCUT2D eigenvalue weighted by Gasteiger charge is 2.41. The smallest absolute Gasteiger partial charge is 0.411 e. The molecule has 1 aromatic heterocycles. The molecule has 2 aromatic rings. The molecule has 2 bridgehead atoms. The number of H-pyrrole nitrogens is 1. The zero-order valence-electron chi connectivity index (χ0n) is 15.3. The minimum Gasteiger partial charge on any atom is -0.444 e. The highest BCUT2D eigenvalue weighted by Crippen LogP contribution is 2.41. The molecule has 26 heavy (non-hydrogen) atoms. The van der Waals surface area contributed by atoms with Gasteiger partial charge in [-0.3, -0.25) is 4.90 Å². The standard InChI is InChI=1S/C19H23N5O2/c1-19(2,3)26-18(25)24-13-8-9-14(24)11-12(10-13)15-6-4-5-7-16(15)17-20-22-23-21-17/h4-7,10,13-14H,8-9,11H2,1-3H3,(H,20,21,22,23). The molecule has 1 saturated heterocycles. The Labute approximate surface area is 152 Å². The highest BCUT2D eigenvalue weighted by atomic mass is 16.6. The average Bonchev–Trinajstić information content (AvgIpc) is 3.20. The molecule has 2 unspecified atom stereocenters. The van der Waals surface area contributed by atoms with E-state index in [-0.39, 0.29) is 18.2 Å². The topological polar surface area (TPSA) is 84.0 Å². The predicted octanol–water partition coefficient (Wildman–Crippen LogP) is 3.42. The van der Waals surface area contributed by atoms with Crippen LogP contribution in [-0.4, -0.2) is 49.3 Å². The van der Waals surface area contributed by atoms with E-state index >= 15 is 0 Å². The minimum atomic E-state index is -0.480. The summed E-state index contributed by atoms with van der Waals surface area (Å²) in [5.74, 6) is 0.586. The molecule has 0 aliphatic carbocycles. The van der Waals surface area contributed by atoms with E-state index in [2.05, 4.69) is 32.8 Å². The van der Waals surface area contributed by atoms with Crippen LogP contribution in [0.25, 0.3) is 17.0 Å². The summed E-state index contributed by atoms with van der Waals surface area (Å²) in [4.78, 5) is 14.5. The summed E-state index contributed by atoms with van der Waals surface area (Å²) in [5, 5.41) is 14.4. The summed E-state index contributed by atoms with van der Waals surface area (Å²) in [7, 11) is 0. The van der Waals surface area contributed by atoms with Gasteiger partial charge in [0.2, 0.25) is 5.82 Å². The zero-order valence-corrected chi connectivity index (χ0v) is 15.3. The predicted molar refractivity (Wildman–Crippen MR) is 97.1 cm³/mol. The molecular weight excluding hydrogens is 330 g/mol. The molecule has 7 heteroatoms. The average molecular weight is 353 g/mol. The molecule has 1 fully saturated rings. The first kappa shape index (κ1) is 16.8. The second kappa shape index (κ2) is 6.23. The summed E-state index contributed by atoms with van der Waals surface area (Å²) < 4.78 is 5.61. The first-order chi connectivity index (χ1) is 12.4. The number of carbonyl (C=O) groups is 1. The van der Waals surface area contributed by atoms with Crippen LogP contribution >= 0.6 is 0 Å². The van der Waals surface area contributed by atoms with Gasteiger partial charge in [0.15, 0.2) is 0 Å². The molecule has 4 rings (SSSR count). The molecule has 136 valence electrons. The van der Waals surface area contributed by atoms with Gasteiger partial charge in [-0.1, -0.05) is 30.3 Å². The molecule has 2 aliphatic heterocycles. The van der Waals surface area contributed by atoms with Crippen molar-refractivity contribution < 1.29 is 9.53 Å². The Morgan fingerprint density at radius 2 is 2.00 bits per heavy atom. The van der Waals surface area contributed by atoms with Crippen LogP contribution in [0.3, 0.4) is 0 Å². The van der Waals surface area contributed by atoms with Gasteiger partial charge in [0.05, 0.1) is 6.04 Å². The Balaban J connectivity index is 1.64. The number of carbonyl (C=O) groups excluding carboxylic acids is 1. The maximum absolute atomic E-state index is 12.6. The maximum Gasteiger partial charge on any atom is 0.411 e. The van der Waals surface area contributed by atoms with Crippen molar-refractivity contribution in [2.75, 3.05) is 0 Å². The number of ether oxygens (including phenoxy) is 1. The van der Waals surface area contributed by atoms with Crippen molar-refractivity contribution in [3.05, 3.63) is 35.9 Å². The first-order valence-electron chi connectivity index (χ1n) is 8.97. The Bertz CT molecular complexity index is 838. The molecule has 0 saturated carbocycles. The summed E-state index contributed by atoms with van der Waals surface area (Å²) >= 11 is 0. The van der Waals surface area contributed by atoms with Gasteiger partial charge in [0.25, 0.3) is 0 Å². The summed E-state index contributed by atoms with van der Waals surface area (Å²) in [6, 6.07) is 8.33. The molecule has 0 spiro atoms. The van der Waals surface area contributed by atoms with E-state index < -0.39 is 5.60 Å². The van der Waals surface area contributed by atoms with Gasteiger partial charge in [0.1, 0.15) is 5.60 Å². The molecule has 1 amide bonds. The number of hydrogen-bond donors (Lipinski definition) is 1. The fraction of sp³-hybridized carbons (Fsp3) is 0.474. The fourth-order valence-corrected chi connectivity index (χ4v) is 3.86. The number of aromatic nitrogens is 4. The molecule has 3 heterocycles. The van der Waals surface area contributed by atoms with Crippen molar-refractivity contribution in [3.8, 4) is 11.4 Å². The summed E-state index contributed by atoms with van der Waals surface area (Å²) in [6.07, 6.45) is 4.76. The lowest BCUT2D eigenvalue weighted by atomic mass is 9.91. The maximum atomic E-state index is 12.6. The SMILES string of the molecule is CC(C)(C)OC(=O)N1C2C=C(c3ccccc3-c3nn[nH]n3)CC1CC2. The molecule has 1 aromatic carbocycles.